The van der Waals surface area contributed by atoms with Gasteiger partial charge in [-0.15, -0.1) is 0 Å². The molecule has 0 saturated carbocycles. The van der Waals surface area contributed by atoms with Gasteiger partial charge in [-0.05, 0) is 51.6 Å². The molecule has 0 bridgehead atoms. The third-order valence-electron chi connectivity index (χ3n) is 3.64. The Labute approximate surface area is 120 Å². The van der Waals surface area contributed by atoms with Crippen molar-refractivity contribution in [3.8, 4) is 0 Å². The molecule has 1 aromatic rings. The van der Waals surface area contributed by atoms with Crippen LogP contribution >= 0.6 is 0 Å². The van der Waals surface area contributed by atoms with Gasteiger partial charge in [-0.25, -0.2) is 0 Å². The van der Waals surface area contributed by atoms with Gasteiger partial charge in [0.15, 0.2) is 0 Å². The van der Waals surface area contributed by atoms with Gasteiger partial charge in [0.05, 0.1) is 11.4 Å². The lowest BCUT2D eigenvalue weighted by atomic mass is 10.1. The molecular weight excluding hydrogens is 252 g/mol. The van der Waals surface area contributed by atoms with Crippen molar-refractivity contribution in [2.24, 2.45) is 0 Å². The monoisotopic (exact) mass is 276 g/mol. The normalized spacial score (nSPS) is 19.6. The first-order valence-corrected chi connectivity index (χ1v) is 7.23. The van der Waals surface area contributed by atoms with Crippen LogP contribution in [0.2, 0.25) is 0 Å². The van der Waals surface area contributed by atoms with E-state index in [1.165, 1.54) is 6.42 Å². The van der Waals surface area contributed by atoms with Gasteiger partial charge < -0.3 is 21.3 Å². The minimum Gasteiger partial charge on any atom is -0.397 e. The molecule has 2 rings (SSSR count). The van der Waals surface area contributed by atoms with Crippen molar-refractivity contribution in [2.45, 2.75) is 25.8 Å². The van der Waals surface area contributed by atoms with Crippen molar-refractivity contribution in [3.05, 3.63) is 23.8 Å². The number of rotatable bonds is 4. The molecule has 1 aliphatic rings. The highest BCUT2D eigenvalue weighted by Gasteiger charge is 2.17. The predicted octanol–water partition coefficient (Wildman–Crippen LogP) is 1.52. The summed E-state index contributed by atoms with van der Waals surface area (Å²) in [6.45, 7) is 4.70. The number of nitrogens with zero attached hydrogens (tertiary/aromatic N) is 1. The molecule has 110 valence electrons. The molecule has 20 heavy (non-hydrogen) atoms. The molecule has 1 aliphatic heterocycles. The summed E-state index contributed by atoms with van der Waals surface area (Å²) >= 11 is 0. The Hall–Kier alpha value is -1.75. The van der Waals surface area contributed by atoms with Crippen LogP contribution in [0.25, 0.3) is 0 Å². The first kappa shape index (κ1) is 14.7. The highest BCUT2D eigenvalue weighted by atomic mass is 16.1. The molecule has 0 aliphatic carbocycles. The number of hydrogen-bond acceptors (Lipinski definition) is 4. The Morgan fingerprint density at radius 2 is 2.30 bits per heavy atom. The molecule has 0 aromatic heterocycles. The maximum Gasteiger partial charge on any atom is 0.251 e. The zero-order valence-electron chi connectivity index (χ0n) is 12.3. The summed E-state index contributed by atoms with van der Waals surface area (Å²) in [6.07, 6.45) is 2.35. The van der Waals surface area contributed by atoms with E-state index in [9.17, 15) is 4.79 Å². The van der Waals surface area contributed by atoms with Crippen molar-refractivity contribution in [2.75, 3.05) is 37.7 Å². The number of anilines is 2. The average molecular weight is 276 g/mol. The van der Waals surface area contributed by atoms with Gasteiger partial charge in [0.1, 0.15) is 0 Å². The quantitative estimate of drug-likeness (QED) is 0.729. The number of piperidine rings is 1. The van der Waals surface area contributed by atoms with Crippen LogP contribution in [0, 0.1) is 0 Å². The SMILES string of the molecule is CCNC(=O)c1ccc(NC2CCCN(C)C2)c(N)c1. The minimum atomic E-state index is -0.0804. The Morgan fingerprint density at radius 1 is 1.50 bits per heavy atom. The molecule has 1 fully saturated rings. The Kier molecular flexibility index (Phi) is 4.84. The molecule has 1 aromatic carbocycles. The zero-order chi connectivity index (χ0) is 14.5. The third kappa shape index (κ3) is 3.63. The molecule has 5 heteroatoms. The first-order chi connectivity index (χ1) is 9.60. The van der Waals surface area contributed by atoms with Crippen molar-refractivity contribution in [1.29, 1.82) is 0 Å². The second-order valence-corrected chi connectivity index (χ2v) is 5.41. The van der Waals surface area contributed by atoms with Crippen molar-refractivity contribution in [1.82, 2.24) is 10.2 Å². The third-order valence-corrected chi connectivity index (χ3v) is 3.64. The van der Waals surface area contributed by atoms with E-state index >= 15 is 0 Å². The van der Waals surface area contributed by atoms with Gasteiger partial charge in [0, 0.05) is 24.7 Å². The highest BCUT2D eigenvalue weighted by Crippen LogP contribution is 2.23. The number of nitrogens with one attached hydrogen (secondary N) is 2. The Balaban J connectivity index is 2.04. The molecule has 1 unspecified atom stereocenters. The first-order valence-electron chi connectivity index (χ1n) is 7.23. The Bertz CT molecular complexity index is 475. The van der Waals surface area contributed by atoms with Crippen LogP contribution in [0.15, 0.2) is 18.2 Å². The molecule has 0 spiro atoms. The van der Waals surface area contributed by atoms with E-state index < -0.39 is 0 Å². The second-order valence-electron chi connectivity index (χ2n) is 5.41. The van der Waals surface area contributed by atoms with Crippen molar-refractivity contribution >= 4 is 17.3 Å². The fourth-order valence-electron chi connectivity index (χ4n) is 2.60. The topological polar surface area (TPSA) is 70.4 Å². The number of carbonyl (C=O) groups excluding carboxylic acids is 1. The zero-order valence-corrected chi connectivity index (χ0v) is 12.3. The van der Waals surface area contributed by atoms with Crippen molar-refractivity contribution < 1.29 is 4.79 Å². The Morgan fingerprint density at radius 3 is 2.95 bits per heavy atom. The van der Waals surface area contributed by atoms with E-state index in [0.717, 1.165) is 25.2 Å². The molecule has 4 N–H and O–H groups in total. The molecule has 1 amide bonds. The summed E-state index contributed by atoms with van der Waals surface area (Å²) in [5.41, 5.74) is 8.20. The number of nitrogen functional groups attached to an aromatic ring is 1. The lowest BCUT2D eigenvalue weighted by Gasteiger charge is -2.31. The van der Waals surface area contributed by atoms with Gasteiger partial charge in [-0.3, -0.25) is 4.79 Å². The smallest absolute Gasteiger partial charge is 0.251 e. The number of carbonyl (C=O) groups is 1. The molecule has 1 saturated heterocycles. The summed E-state index contributed by atoms with van der Waals surface area (Å²) in [7, 11) is 2.13. The lowest BCUT2D eigenvalue weighted by Crippen LogP contribution is -2.39. The maximum absolute atomic E-state index is 11.7. The number of likely N-dealkylation sites (tertiary alicyclic amines) is 1. The summed E-state index contributed by atoms with van der Waals surface area (Å²) < 4.78 is 0. The van der Waals surface area contributed by atoms with Crippen LogP contribution in [0.3, 0.4) is 0 Å². The second kappa shape index (κ2) is 6.61. The standard InChI is InChI=1S/C15H24N4O/c1-3-17-15(20)11-6-7-14(13(16)9-11)18-12-5-4-8-19(2)10-12/h6-7,9,12,18H,3-5,8,10,16H2,1-2H3,(H,17,20). The summed E-state index contributed by atoms with van der Waals surface area (Å²) in [5.74, 6) is -0.0804. The van der Waals surface area contributed by atoms with Crippen LogP contribution in [0.4, 0.5) is 11.4 Å². The summed E-state index contributed by atoms with van der Waals surface area (Å²) in [6, 6.07) is 5.87. The number of benzene rings is 1. The highest BCUT2D eigenvalue weighted by molar-refractivity contribution is 5.96. The van der Waals surface area contributed by atoms with Crippen LogP contribution in [0.5, 0.6) is 0 Å². The fraction of sp³-hybridized carbons (Fsp3) is 0.533. The van der Waals surface area contributed by atoms with E-state index in [-0.39, 0.29) is 5.91 Å². The van der Waals surface area contributed by atoms with Crippen molar-refractivity contribution in [3.63, 3.8) is 0 Å². The summed E-state index contributed by atoms with van der Waals surface area (Å²) in [4.78, 5) is 14.1. The van der Waals surface area contributed by atoms with Gasteiger partial charge in [-0.1, -0.05) is 0 Å². The maximum atomic E-state index is 11.7. The van der Waals surface area contributed by atoms with Crippen LogP contribution in [0.1, 0.15) is 30.1 Å². The van der Waals surface area contributed by atoms with Gasteiger partial charge in [0.2, 0.25) is 0 Å². The number of hydrogen-bond donors (Lipinski definition) is 3. The number of nitrogens with two attached hydrogens (primary N) is 1. The number of amides is 1. The van der Waals surface area contributed by atoms with Gasteiger partial charge in [-0.2, -0.15) is 0 Å². The lowest BCUT2D eigenvalue weighted by molar-refractivity contribution is 0.0956. The van der Waals surface area contributed by atoms with E-state index in [1.807, 2.05) is 19.1 Å². The minimum absolute atomic E-state index is 0.0804. The van der Waals surface area contributed by atoms with Crippen LogP contribution < -0.4 is 16.4 Å². The van der Waals surface area contributed by atoms with E-state index in [1.54, 1.807) is 6.07 Å². The van der Waals surface area contributed by atoms with Gasteiger partial charge in [0.25, 0.3) is 5.91 Å². The van der Waals surface area contributed by atoms with E-state index in [4.69, 9.17) is 5.73 Å². The predicted molar refractivity (Wildman–Crippen MR) is 83.0 cm³/mol. The molecule has 1 heterocycles. The number of likely N-dealkylation sites (N-methyl/N-ethyl adjacent to an activating group) is 1. The molecule has 1 atom stereocenters. The van der Waals surface area contributed by atoms with Crippen LogP contribution in [-0.2, 0) is 0 Å². The molecule has 0 radical (unpaired) electrons. The molecular formula is C15H24N4O. The average Bonchev–Trinajstić information content (AvgIpc) is 2.41. The fourth-order valence-corrected chi connectivity index (χ4v) is 2.60. The van der Waals surface area contributed by atoms with Gasteiger partial charge >= 0.3 is 0 Å². The van der Waals surface area contributed by atoms with Crippen LogP contribution in [-0.4, -0.2) is 43.5 Å². The largest absolute Gasteiger partial charge is 0.397 e. The van der Waals surface area contributed by atoms with E-state index in [2.05, 4.69) is 22.6 Å². The summed E-state index contributed by atoms with van der Waals surface area (Å²) in [5, 5.41) is 6.25. The van der Waals surface area contributed by atoms with E-state index in [0.29, 0.717) is 23.8 Å². The molecule has 5 nitrogen and oxygen atoms in total.